The minimum atomic E-state index is 0.538. The molecule has 0 aliphatic heterocycles. The van der Waals surface area contributed by atoms with Gasteiger partial charge in [-0.2, -0.15) is 0 Å². The second-order valence-electron chi connectivity index (χ2n) is 9.85. The van der Waals surface area contributed by atoms with Crippen LogP contribution in [0.1, 0.15) is 79.1 Å². The molecule has 0 N–H and O–H groups in total. The van der Waals surface area contributed by atoms with Crippen molar-refractivity contribution in [1.29, 1.82) is 0 Å². The number of hydrogen-bond acceptors (Lipinski definition) is 1. The van der Waals surface area contributed by atoms with E-state index >= 15 is 0 Å². The van der Waals surface area contributed by atoms with E-state index in [1.165, 1.54) is 51.4 Å². The molecule has 3 rings (SSSR count). The molecule has 2 fully saturated rings. The number of nitrogens with zero attached hydrogens (tertiary/aromatic N) is 1. The smallest absolute Gasteiger partial charge is 0.00610 e. The minimum absolute atomic E-state index is 0.538. The van der Waals surface area contributed by atoms with Gasteiger partial charge in [0.05, 0.1) is 0 Å². The van der Waals surface area contributed by atoms with Crippen molar-refractivity contribution in [2.45, 2.75) is 85.1 Å². The van der Waals surface area contributed by atoms with E-state index in [0.717, 1.165) is 23.8 Å². The zero-order chi connectivity index (χ0) is 16.8. The van der Waals surface area contributed by atoms with E-state index in [-0.39, 0.29) is 0 Å². The lowest BCUT2D eigenvalue weighted by atomic mass is 9.49. The van der Waals surface area contributed by atoms with Gasteiger partial charge in [0.15, 0.2) is 0 Å². The molecule has 0 saturated heterocycles. The van der Waals surface area contributed by atoms with Gasteiger partial charge in [0.1, 0.15) is 0 Å². The van der Waals surface area contributed by atoms with Crippen LogP contribution in [0.3, 0.4) is 0 Å². The molecule has 1 heteroatoms. The summed E-state index contributed by atoms with van der Waals surface area (Å²) < 4.78 is 0. The van der Waals surface area contributed by atoms with Crippen LogP contribution in [0.2, 0.25) is 0 Å². The summed E-state index contributed by atoms with van der Waals surface area (Å²) in [7, 11) is 4.46. The molecule has 0 spiro atoms. The summed E-state index contributed by atoms with van der Waals surface area (Å²) in [4.78, 5) is 2.39. The third kappa shape index (κ3) is 2.92. The van der Waals surface area contributed by atoms with Gasteiger partial charge in [0, 0.05) is 6.04 Å². The van der Waals surface area contributed by atoms with Crippen LogP contribution in [-0.2, 0) is 0 Å². The summed E-state index contributed by atoms with van der Waals surface area (Å²) in [5.41, 5.74) is 2.84. The minimum Gasteiger partial charge on any atom is -0.307 e. The molecule has 0 radical (unpaired) electrons. The number of rotatable bonds is 4. The van der Waals surface area contributed by atoms with Gasteiger partial charge in [-0.3, -0.25) is 0 Å². The molecule has 6 unspecified atom stereocenters. The molecule has 0 aromatic rings. The fourth-order valence-corrected chi connectivity index (χ4v) is 6.37. The highest BCUT2D eigenvalue weighted by atomic mass is 15.1. The molecule has 0 amide bonds. The summed E-state index contributed by atoms with van der Waals surface area (Å²) in [5, 5.41) is 0. The van der Waals surface area contributed by atoms with Crippen LogP contribution in [0.15, 0.2) is 11.6 Å². The van der Waals surface area contributed by atoms with Gasteiger partial charge in [-0.25, -0.2) is 0 Å². The van der Waals surface area contributed by atoms with E-state index in [1.807, 2.05) is 0 Å². The fourth-order valence-electron chi connectivity index (χ4n) is 6.37. The summed E-state index contributed by atoms with van der Waals surface area (Å²) in [5.74, 6) is 2.94. The van der Waals surface area contributed by atoms with Gasteiger partial charge >= 0.3 is 0 Å². The van der Waals surface area contributed by atoms with Gasteiger partial charge in [0.2, 0.25) is 0 Å². The Bertz CT molecular complexity index is 465. The van der Waals surface area contributed by atoms with E-state index in [9.17, 15) is 0 Å². The Morgan fingerprint density at radius 1 is 1.17 bits per heavy atom. The standard InChI is InChI=1S/C22H39N/c1-16-9-10-20-18-8-7-13-21(3,14-11-17(2)23(5)6)19(18)12-15-22(16,20)4/h9,17-20H,7-8,10-15H2,1-6H3. The molecule has 3 aliphatic rings. The normalized spacial score (nSPS) is 44.7. The highest BCUT2D eigenvalue weighted by molar-refractivity contribution is 5.23. The molecular weight excluding hydrogens is 278 g/mol. The van der Waals surface area contributed by atoms with Crippen molar-refractivity contribution in [2.24, 2.45) is 28.6 Å². The molecular formula is C22H39N. The van der Waals surface area contributed by atoms with Crippen molar-refractivity contribution in [3.8, 4) is 0 Å². The predicted octanol–water partition coefficient (Wildman–Crippen LogP) is 5.91. The van der Waals surface area contributed by atoms with Crippen LogP contribution < -0.4 is 0 Å². The Hall–Kier alpha value is -0.300. The van der Waals surface area contributed by atoms with Crippen LogP contribution in [0.5, 0.6) is 0 Å². The second kappa shape index (κ2) is 6.21. The van der Waals surface area contributed by atoms with Gasteiger partial charge in [-0.15, -0.1) is 0 Å². The zero-order valence-corrected chi connectivity index (χ0v) is 16.5. The molecule has 2 saturated carbocycles. The molecule has 0 aromatic carbocycles. The number of fused-ring (bicyclic) bond motifs is 3. The molecule has 132 valence electrons. The van der Waals surface area contributed by atoms with Crippen molar-refractivity contribution in [1.82, 2.24) is 4.90 Å². The maximum Gasteiger partial charge on any atom is 0.00610 e. The van der Waals surface area contributed by atoms with E-state index in [4.69, 9.17) is 0 Å². The molecule has 23 heavy (non-hydrogen) atoms. The van der Waals surface area contributed by atoms with E-state index in [2.05, 4.69) is 52.8 Å². The molecule has 0 bridgehead atoms. The summed E-state index contributed by atoms with van der Waals surface area (Å²) >= 11 is 0. The Morgan fingerprint density at radius 2 is 1.91 bits per heavy atom. The van der Waals surface area contributed by atoms with Gasteiger partial charge in [-0.1, -0.05) is 31.9 Å². The fraction of sp³-hybridized carbons (Fsp3) is 0.909. The third-order valence-electron chi connectivity index (χ3n) is 8.60. The van der Waals surface area contributed by atoms with Gasteiger partial charge in [-0.05, 0) is 101 Å². The molecule has 3 aliphatic carbocycles. The van der Waals surface area contributed by atoms with Crippen LogP contribution in [0.25, 0.3) is 0 Å². The van der Waals surface area contributed by atoms with Crippen molar-refractivity contribution >= 4 is 0 Å². The number of hydrogen-bond donors (Lipinski definition) is 0. The Morgan fingerprint density at radius 3 is 2.61 bits per heavy atom. The molecule has 1 nitrogen and oxygen atoms in total. The maximum atomic E-state index is 2.64. The predicted molar refractivity (Wildman–Crippen MR) is 101 cm³/mol. The highest BCUT2D eigenvalue weighted by Gasteiger charge is 2.54. The van der Waals surface area contributed by atoms with Crippen molar-refractivity contribution in [3.05, 3.63) is 11.6 Å². The van der Waals surface area contributed by atoms with Crippen molar-refractivity contribution in [3.63, 3.8) is 0 Å². The lowest BCUT2D eigenvalue weighted by Gasteiger charge is -2.56. The topological polar surface area (TPSA) is 3.24 Å². The first kappa shape index (κ1) is 17.5. The zero-order valence-electron chi connectivity index (χ0n) is 16.5. The van der Waals surface area contributed by atoms with Crippen LogP contribution >= 0.6 is 0 Å². The largest absolute Gasteiger partial charge is 0.307 e. The monoisotopic (exact) mass is 317 g/mol. The lowest BCUT2D eigenvalue weighted by Crippen LogP contribution is -2.48. The van der Waals surface area contributed by atoms with E-state index < -0.39 is 0 Å². The second-order valence-corrected chi connectivity index (χ2v) is 9.85. The first-order valence-corrected chi connectivity index (χ1v) is 10.1. The van der Waals surface area contributed by atoms with Crippen LogP contribution in [-0.4, -0.2) is 25.0 Å². The average Bonchev–Trinajstić information content (AvgIpc) is 2.81. The maximum absolute atomic E-state index is 2.64. The van der Waals surface area contributed by atoms with Crippen molar-refractivity contribution in [2.75, 3.05) is 14.1 Å². The van der Waals surface area contributed by atoms with Gasteiger partial charge in [0.25, 0.3) is 0 Å². The highest BCUT2D eigenvalue weighted by Crippen LogP contribution is 2.63. The Labute approximate surface area is 144 Å². The number of allylic oxidation sites excluding steroid dienone is 2. The first-order valence-electron chi connectivity index (χ1n) is 10.1. The summed E-state index contributed by atoms with van der Waals surface area (Å²) in [6.45, 7) is 10.0. The summed E-state index contributed by atoms with van der Waals surface area (Å²) in [6.07, 6.45) is 14.1. The average molecular weight is 318 g/mol. The quantitative estimate of drug-likeness (QED) is 0.583. The Kier molecular flexibility index (Phi) is 4.73. The van der Waals surface area contributed by atoms with Crippen LogP contribution in [0.4, 0.5) is 0 Å². The lowest BCUT2D eigenvalue weighted by molar-refractivity contribution is -0.0548. The first-order chi connectivity index (χ1) is 10.8. The van der Waals surface area contributed by atoms with Crippen LogP contribution in [0, 0.1) is 28.6 Å². The SMILES string of the molecule is CC1=CCC2C3CCCC(C)(CCC(C)N(C)C)C3CCC12C. The molecule has 0 heterocycles. The van der Waals surface area contributed by atoms with E-state index in [1.54, 1.807) is 5.57 Å². The molecule has 0 aromatic heterocycles. The molecule has 6 atom stereocenters. The van der Waals surface area contributed by atoms with E-state index in [0.29, 0.717) is 10.8 Å². The third-order valence-corrected chi connectivity index (χ3v) is 8.60. The Balaban J connectivity index is 1.73. The van der Waals surface area contributed by atoms with Gasteiger partial charge < -0.3 is 4.90 Å². The summed E-state index contributed by atoms with van der Waals surface area (Å²) in [6, 6.07) is 0.719. The van der Waals surface area contributed by atoms with Crippen molar-refractivity contribution < 1.29 is 0 Å².